The summed E-state index contributed by atoms with van der Waals surface area (Å²) in [7, 11) is 5.68. The molecule has 0 aliphatic carbocycles. The van der Waals surface area contributed by atoms with Gasteiger partial charge in [-0.25, -0.2) is 0 Å². The predicted octanol–water partition coefficient (Wildman–Crippen LogP) is 1.69. The maximum absolute atomic E-state index is 12.2. The zero-order valence-electron chi connectivity index (χ0n) is 4.77. The number of halogens is 2. The van der Waals surface area contributed by atoms with E-state index in [1.165, 1.54) is 12.1 Å². The summed E-state index contributed by atoms with van der Waals surface area (Å²) in [5.41, 5.74) is 0. The van der Waals surface area contributed by atoms with Gasteiger partial charge in [-0.15, -0.1) is 0 Å². The van der Waals surface area contributed by atoms with E-state index in [-0.39, 0.29) is 5.82 Å². The van der Waals surface area contributed by atoms with Crippen LogP contribution in [0.2, 0.25) is 0 Å². The molecule has 1 rings (SSSR count). The van der Waals surface area contributed by atoms with Crippen molar-refractivity contribution >= 4 is 11.3 Å². The first kappa shape index (κ1) is 7.48. The monoisotopic (exact) mass is 332 g/mol. The molecule has 0 aromatic heterocycles. The standard InChI is InChI=1S/C6H4F.ClH.Hg/c7-6-4-2-1-3-5-6;;/h2-5H;1H;/q;;+1/p-1. The normalized spacial score (nSPS) is 8.67. The SMILES string of the molecule is Fc1cc[c]([Hg][Cl])cc1. The first-order valence-corrected chi connectivity index (χ1v) is 12.1. The molecule has 0 amide bonds. The molecular formula is C6H4ClFHg. The van der Waals surface area contributed by atoms with Gasteiger partial charge in [-0.3, -0.25) is 0 Å². The molecular weight excluding hydrogens is 327 g/mol. The van der Waals surface area contributed by atoms with Gasteiger partial charge in [-0.2, -0.15) is 0 Å². The van der Waals surface area contributed by atoms with Crippen molar-refractivity contribution < 1.29 is 27.7 Å². The summed E-state index contributed by atoms with van der Waals surface area (Å²) in [6.45, 7) is 0. The molecule has 0 aliphatic heterocycles. The molecule has 1 aromatic rings. The van der Waals surface area contributed by atoms with Crippen molar-refractivity contribution in [2.45, 2.75) is 0 Å². The molecule has 0 fully saturated rings. The summed E-state index contributed by atoms with van der Waals surface area (Å²) in [5.74, 6) is -0.183. The Hall–Kier alpha value is 0.375. The Labute approximate surface area is 68.9 Å². The van der Waals surface area contributed by atoms with Crippen molar-refractivity contribution in [1.82, 2.24) is 0 Å². The van der Waals surface area contributed by atoms with Gasteiger partial charge in [0.05, 0.1) is 0 Å². The summed E-state index contributed by atoms with van der Waals surface area (Å²) in [6.07, 6.45) is 0. The van der Waals surface area contributed by atoms with Gasteiger partial charge in [0.15, 0.2) is 0 Å². The van der Waals surface area contributed by atoms with Crippen molar-refractivity contribution in [3.8, 4) is 0 Å². The molecule has 0 N–H and O–H groups in total. The third-order valence-corrected chi connectivity index (χ3v) is 6.81. The Morgan fingerprint density at radius 3 is 2.22 bits per heavy atom. The van der Waals surface area contributed by atoms with Crippen LogP contribution in [0.3, 0.4) is 0 Å². The summed E-state index contributed by atoms with van der Waals surface area (Å²) < 4.78 is 13.4. The minimum absolute atomic E-state index is 0.183. The Kier molecular flexibility index (Phi) is 2.93. The quantitative estimate of drug-likeness (QED) is 0.687. The molecule has 0 radical (unpaired) electrons. The van der Waals surface area contributed by atoms with Crippen LogP contribution in [0.5, 0.6) is 0 Å². The third kappa shape index (κ3) is 2.22. The van der Waals surface area contributed by atoms with Gasteiger partial charge < -0.3 is 0 Å². The van der Waals surface area contributed by atoms with Gasteiger partial charge in [0.2, 0.25) is 0 Å². The van der Waals surface area contributed by atoms with E-state index in [0.29, 0.717) is 0 Å². The Morgan fingerprint density at radius 1 is 1.22 bits per heavy atom. The second-order valence-electron chi connectivity index (χ2n) is 1.76. The number of benzene rings is 1. The fourth-order valence-corrected chi connectivity index (χ4v) is 3.75. The first-order valence-electron chi connectivity index (χ1n) is 2.63. The average molecular weight is 331 g/mol. The van der Waals surface area contributed by atoms with E-state index in [1.54, 1.807) is 12.1 Å². The fraction of sp³-hybridized carbons (Fsp3) is 0. The van der Waals surface area contributed by atoms with Crippen LogP contribution in [0.15, 0.2) is 24.3 Å². The summed E-state index contributed by atoms with van der Waals surface area (Å²) in [6, 6.07) is 6.45. The summed E-state index contributed by atoms with van der Waals surface area (Å²) in [5, 5.41) is 0. The summed E-state index contributed by atoms with van der Waals surface area (Å²) in [4.78, 5) is 0. The topological polar surface area (TPSA) is 0 Å². The Morgan fingerprint density at radius 2 is 1.78 bits per heavy atom. The van der Waals surface area contributed by atoms with Gasteiger partial charge >= 0.3 is 69.1 Å². The molecule has 9 heavy (non-hydrogen) atoms. The fourth-order valence-electron chi connectivity index (χ4n) is 0.573. The molecule has 0 atom stereocenters. The van der Waals surface area contributed by atoms with Crippen molar-refractivity contribution in [2.75, 3.05) is 0 Å². The zero-order chi connectivity index (χ0) is 6.69. The first-order chi connectivity index (χ1) is 4.33. The third-order valence-electron chi connectivity index (χ3n) is 1.07. The molecule has 3 heteroatoms. The van der Waals surface area contributed by atoms with Crippen LogP contribution >= 0.6 is 8.25 Å². The van der Waals surface area contributed by atoms with Crippen LogP contribution in [-0.2, 0) is 23.3 Å². The van der Waals surface area contributed by atoms with E-state index in [2.05, 4.69) is 0 Å². The van der Waals surface area contributed by atoms with E-state index in [1.807, 2.05) is 0 Å². The van der Waals surface area contributed by atoms with Crippen LogP contribution in [0.25, 0.3) is 0 Å². The summed E-state index contributed by atoms with van der Waals surface area (Å²) >= 11 is -1.26. The van der Waals surface area contributed by atoms with E-state index in [0.717, 1.165) is 3.07 Å². The molecule has 0 heterocycles. The van der Waals surface area contributed by atoms with Crippen molar-refractivity contribution in [3.05, 3.63) is 30.1 Å². The van der Waals surface area contributed by atoms with Gasteiger partial charge in [0.25, 0.3) is 0 Å². The van der Waals surface area contributed by atoms with Gasteiger partial charge in [0, 0.05) is 0 Å². The molecule has 0 saturated heterocycles. The second-order valence-corrected chi connectivity index (χ2v) is 8.32. The average Bonchev–Trinajstić information content (AvgIpc) is 1.90. The van der Waals surface area contributed by atoms with Crippen LogP contribution in [0.4, 0.5) is 4.39 Å². The molecule has 0 aliphatic rings. The molecule has 0 unspecified atom stereocenters. The number of rotatable bonds is 1. The Bertz CT molecular complexity index is 185. The molecule has 0 saturated carbocycles. The van der Waals surface area contributed by atoms with Crippen molar-refractivity contribution in [1.29, 1.82) is 0 Å². The molecule has 0 nitrogen and oxygen atoms in total. The van der Waals surface area contributed by atoms with Crippen molar-refractivity contribution in [2.24, 2.45) is 0 Å². The molecule has 0 spiro atoms. The van der Waals surface area contributed by atoms with Crippen LogP contribution in [0, 0.1) is 5.82 Å². The Balaban J connectivity index is 2.88. The van der Waals surface area contributed by atoms with E-state index < -0.39 is 23.3 Å². The maximum atomic E-state index is 12.2. The molecule has 44 valence electrons. The van der Waals surface area contributed by atoms with E-state index in [9.17, 15) is 4.39 Å². The predicted molar refractivity (Wildman–Crippen MR) is 31.9 cm³/mol. The van der Waals surface area contributed by atoms with Gasteiger partial charge in [-0.1, -0.05) is 0 Å². The van der Waals surface area contributed by atoms with E-state index in [4.69, 9.17) is 8.25 Å². The van der Waals surface area contributed by atoms with Gasteiger partial charge in [-0.05, 0) is 0 Å². The zero-order valence-corrected chi connectivity index (χ0v) is 11.0. The minimum atomic E-state index is -1.26. The molecule has 1 aromatic carbocycles. The van der Waals surface area contributed by atoms with Crippen LogP contribution in [-0.4, -0.2) is 0 Å². The van der Waals surface area contributed by atoms with Crippen LogP contribution < -0.4 is 3.07 Å². The number of hydrogen-bond acceptors (Lipinski definition) is 0. The molecule has 0 bridgehead atoms. The van der Waals surface area contributed by atoms with Gasteiger partial charge in [0.1, 0.15) is 0 Å². The second kappa shape index (κ2) is 3.52. The van der Waals surface area contributed by atoms with Crippen molar-refractivity contribution in [3.63, 3.8) is 0 Å². The van der Waals surface area contributed by atoms with Crippen LogP contribution in [0.1, 0.15) is 0 Å². The number of hydrogen-bond donors (Lipinski definition) is 0. The van der Waals surface area contributed by atoms with E-state index >= 15 is 0 Å².